The van der Waals surface area contributed by atoms with Crippen molar-refractivity contribution in [3.8, 4) is 0 Å². The Morgan fingerprint density at radius 2 is 1.80 bits per heavy atom. The fourth-order valence-electron chi connectivity index (χ4n) is 1.37. The van der Waals surface area contributed by atoms with E-state index in [1.807, 2.05) is 31.2 Å². The summed E-state index contributed by atoms with van der Waals surface area (Å²) in [6.45, 7) is 2.00. The average Bonchev–Trinajstić information content (AvgIpc) is 2.30. The molecule has 0 aliphatic heterocycles. The molecule has 1 aromatic carbocycles. The lowest BCUT2D eigenvalue weighted by Gasteiger charge is -2.00. The minimum atomic E-state index is 0.0168. The standard InChI is InChI=1S/C13H11NO/c1-10-4-6-11(7-5-10)13(15)12-3-2-8-14-9-12/h2-9H,1H3. The van der Waals surface area contributed by atoms with Gasteiger partial charge < -0.3 is 0 Å². The van der Waals surface area contributed by atoms with E-state index < -0.39 is 0 Å². The predicted octanol–water partition coefficient (Wildman–Crippen LogP) is 2.62. The van der Waals surface area contributed by atoms with Crippen LogP contribution in [0.15, 0.2) is 48.8 Å². The van der Waals surface area contributed by atoms with Crippen molar-refractivity contribution < 1.29 is 4.79 Å². The fourth-order valence-corrected chi connectivity index (χ4v) is 1.37. The number of nitrogens with zero attached hydrogens (tertiary/aromatic N) is 1. The predicted molar refractivity (Wildman–Crippen MR) is 58.8 cm³/mol. The molecule has 0 bridgehead atoms. The summed E-state index contributed by atoms with van der Waals surface area (Å²) in [5.74, 6) is 0.0168. The first-order valence-electron chi connectivity index (χ1n) is 4.79. The topological polar surface area (TPSA) is 30.0 Å². The second kappa shape index (κ2) is 4.05. The van der Waals surface area contributed by atoms with Gasteiger partial charge in [-0.25, -0.2) is 0 Å². The Kier molecular flexibility index (Phi) is 2.59. The number of aromatic nitrogens is 1. The van der Waals surface area contributed by atoms with Crippen molar-refractivity contribution in [2.24, 2.45) is 0 Å². The monoisotopic (exact) mass is 197 g/mol. The van der Waals surface area contributed by atoms with Gasteiger partial charge in [0.2, 0.25) is 0 Å². The van der Waals surface area contributed by atoms with E-state index in [0.29, 0.717) is 11.1 Å². The van der Waals surface area contributed by atoms with Gasteiger partial charge in [-0.2, -0.15) is 0 Å². The number of carbonyl (C=O) groups is 1. The van der Waals surface area contributed by atoms with Crippen LogP contribution in [-0.4, -0.2) is 10.8 Å². The van der Waals surface area contributed by atoms with Crippen LogP contribution in [0.5, 0.6) is 0 Å². The van der Waals surface area contributed by atoms with E-state index >= 15 is 0 Å². The first kappa shape index (κ1) is 9.59. The quantitative estimate of drug-likeness (QED) is 0.693. The second-order valence-electron chi connectivity index (χ2n) is 3.44. The SMILES string of the molecule is Cc1ccc(C(=O)c2cccnc2)cc1. The third-order valence-corrected chi connectivity index (χ3v) is 2.24. The minimum Gasteiger partial charge on any atom is -0.289 e. The zero-order chi connectivity index (χ0) is 10.7. The fraction of sp³-hybridized carbons (Fsp3) is 0.0769. The van der Waals surface area contributed by atoms with Crippen molar-refractivity contribution in [1.29, 1.82) is 0 Å². The van der Waals surface area contributed by atoms with Crippen molar-refractivity contribution in [3.05, 3.63) is 65.5 Å². The molecule has 0 saturated carbocycles. The Labute approximate surface area is 88.6 Å². The smallest absolute Gasteiger partial charge is 0.194 e. The highest BCUT2D eigenvalue weighted by molar-refractivity contribution is 6.08. The molecule has 2 rings (SSSR count). The van der Waals surface area contributed by atoms with Crippen molar-refractivity contribution in [2.45, 2.75) is 6.92 Å². The maximum Gasteiger partial charge on any atom is 0.194 e. The van der Waals surface area contributed by atoms with Crippen LogP contribution < -0.4 is 0 Å². The van der Waals surface area contributed by atoms with Gasteiger partial charge in [-0.1, -0.05) is 29.8 Å². The van der Waals surface area contributed by atoms with Gasteiger partial charge in [0.1, 0.15) is 0 Å². The second-order valence-corrected chi connectivity index (χ2v) is 3.44. The van der Waals surface area contributed by atoms with Gasteiger partial charge >= 0.3 is 0 Å². The summed E-state index contributed by atoms with van der Waals surface area (Å²) in [7, 11) is 0. The third-order valence-electron chi connectivity index (χ3n) is 2.24. The average molecular weight is 197 g/mol. The molecule has 1 aromatic heterocycles. The molecule has 0 amide bonds. The lowest BCUT2D eigenvalue weighted by atomic mass is 10.0. The Bertz CT molecular complexity index is 460. The maximum absolute atomic E-state index is 11.9. The maximum atomic E-state index is 11.9. The van der Waals surface area contributed by atoms with Crippen molar-refractivity contribution in [2.75, 3.05) is 0 Å². The molecule has 0 fully saturated rings. The molecular formula is C13H11NO. The van der Waals surface area contributed by atoms with Gasteiger partial charge in [-0.05, 0) is 19.1 Å². The van der Waals surface area contributed by atoms with Crippen molar-refractivity contribution >= 4 is 5.78 Å². The Morgan fingerprint density at radius 3 is 2.40 bits per heavy atom. The molecule has 0 aliphatic rings. The van der Waals surface area contributed by atoms with E-state index in [1.54, 1.807) is 24.5 Å². The number of carbonyl (C=O) groups excluding carboxylic acids is 1. The summed E-state index contributed by atoms with van der Waals surface area (Å²) >= 11 is 0. The Morgan fingerprint density at radius 1 is 1.07 bits per heavy atom. The summed E-state index contributed by atoms with van der Waals surface area (Å²) in [6, 6.07) is 11.1. The molecule has 2 aromatic rings. The molecule has 15 heavy (non-hydrogen) atoms. The molecule has 2 heteroatoms. The van der Waals surface area contributed by atoms with E-state index in [1.165, 1.54) is 0 Å². The number of ketones is 1. The van der Waals surface area contributed by atoms with Crippen LogP contribution in [0, 0.1) is 6.92 Å². The molecule has 0 unspecified atom stereocenters. The summed E-state index contributed by atoms with van der Waals surface area (Å²) in [4.78, 5) is 15.8. The van der Waals surface area contributed by atoms with Crippen molar-refractivity contribution in [1.82, 2.24) is 4.98 Å². The van der Waals surface area contributed by atoms with Gasteiger partial charge in [0.25, 0.3) is 0 Å². The molecule has 2 nitrogen and oxygen atoms in total. The van der Waals surface area contributed by atoms with Gasteiger partial charge in [-0.15, -0.1) is 0 Å². The molecule has 0 saturated heterocycles. The lowest BCUT2D eigenvalue weighted by molar-refractivity contribution is 0.103. The zero-order valence-corrected chi connectivity index (χ0v) is 8.47. The molecule has 0 N–H and O–H groups in total. The van der Waals surface area contributed by atoms with E-state index in [2.05, 4.69) is 4.98 Å². The summed E-state index contributed by atoms with van der Waals surface area (Å²) in [6.07, 6.45) is 3.24. The highest BCUT2D eigenvalue weighted by Crippen LogP contribution is 2.09. The first-order chi connectivity index (χ1) is 7.27. The molecule has 1 heterocycles. The third kappa shape index (κ3) is 2.10. The van der Waals surface area contributed by atoms with E-state index in [-0.39, 0.29) is 5.78 Å². The van der Waals surface area contributed by atoms with Crippen LogP contribution in [0.1, 0.15) is 21.5 Å². The highest BCUT2D eigenvalue weighted by atomic mass is 16.1. The van der Waals surface area contributed by atoms with Gasteiger partial charge in [0.05, 0.1) is 0 Å². The molecule has 0 spiro atoms. The van der Waals surface area contributed by atoms with E-state index in [0.717, 1.165) is 5.56 Å². The number of pyridine rings is 1. The molecule has 0 atom stereocenters. The van der Waals surface area contributed by atoms with Crippen LogP contribution in [0.25, 0.3) is 0 Å². The first-order valence-corrected chi connectivity index (χ1v) is 4.79. The van der Waals surface area contributed by atoms with Crippen LogP contribution in [-0.2, 0) is 0 Å². The lowest BCUT2D eigenvalue weighted by Crippen LogP contribution is -2.01. The number of hydrogen-bond donors (Lipinski definition) is 0. The Balaban J connectivity index is 2.33. The van der Waals surface area contributed by atoms with Crippen LogP contribution in [0.2, 0.25) is 0 Å². The van der Waals surface area contributed by atoms with Crippen LogP contribution >= 0.6 is 0 Å². The molecular weight excluding hydrogens is 186 g/mol. The zero-order valence-electron chi connectivity index (χ0n) is 8.47. The van der Waals surface area contributed by atoms with Gasteiger partial charge in [0, 0.05) is 23.5 Å². The summed E-state index contributed by atoms with van der Waals surface area (Å²) in [5.41, 5.74) is 2.48. The van der Waals surface area contributed by atoms with Gasteiger partial charge in [-0.3, -0.25) is 9.78 Å². The number of benzene rings is 1. The molecule has 0 aliphatic carbocycles. The number of aryl methyl sites for hydroxylation is 1. The largest absolute Gasteiger partial charge is 0.289 e. The van der Waals surface area contributed by atoms with Crippen LogP contribution in [0.4, 0.5) is 0 Å². The number of rotatable bonds is 2. The highest BCUT2D eigenvalue weighted by Gasteiger charge is 2.07. The summed E-state index contributed by atoms with van der Waals surface area (Å²) in [5, 5.41) is 0. The van der Waals surface area contributed by atoms with Gasteiger partial charge in [0.15, 0.2) is 5.78 Å². The minimum absolute atomic E-state index is 0.0168. The number of hydrogen-bond acceptors (Lipinski definition) is 2. The molecule has 74 valence electrons. The normalized spacial score (nSPS) is 9.93. The summed E-state index contributed by atoms with van der Waals surface area (Å²) < 4.78 is 0. The van der Waals surface area contributed by atoms with E-state index in [9.17, 15) is 4.79 Å². The van der Waals surface area contributed by atoms with Crippen LogP contribution in [0.3, 0.4) is 0 Å². The van der Waals surface area contributed by atoms with Crippen molar-refractivity contribution in [3.63, 3.8) is 0 Å². The van der Waals surface area contributed by atoms with E-state index in [4.69, 9.17) is 0 Å². The Hall–Kier alpha value is -1.96. The molecule has 0 radical (unpaired) electrons.